The fourth-order valence-corrected chi connectivity index (χ4v) is 3.25. The average molecular weight is 333 g/mol. The van der Waals surface area contributed by atoms with Gasteiger partial charge in [-0.2, -0.15) is 0 Å². The van der Waals surface area contributed by atoms with Crippen molar-refractivity contribution in [3.8, 4) is 0 Å². The molecule has 2 aromatic carbocycles. The quantitative estimate of drug-likeness (QED) is 0.620. The van der Waals surface area contributed by atoms with E-state index in [0.29, 0.717) is 30.5 Å². The molecule has 0 aliphatic heterocycles. The number of aliphatic imine (C=N–C) groups is 1. The zero-order valence-corrected chi connectivity index (χ0v) is 14.7. The van der Waals surface area contributed by atoms with Crippen LogP contribution in [0.4, 0.5) is 5.69 Å². The topological polar surface area (TPSA) is 49.7 Å². The summed E-state index contributed by atoms with van der Waals surface area (Å²) >= 11 is 0. The first-order valence-corrected chi connectivity index (χ1v) is 8.57. The molecular weight excluding hydrogens is 310 g/mol. The molecule has 1 aliphatic carbocycles. The normalized spacial score (nSPS) is 20.6. The highest BCUT2D eigenvalue weighted by Gasteiger charge is 2.36. The molecule has 1 aliphatic rings. The summed E-state index contributed by atoms with van der Waals surface area (Å²) < 4.78 is 0. The molecule has 128 valence electrons. The van der Waals surface area contributed by atoms with Crippen molar-refractivity contribution in [3.05, 3.63) is 77.6 Å². The predicted octanol–water partition coefficient (Wildman–Crippen LogP) is 5.20. The summed E-state index contributed by atoms with van der Waals surface area (Å²) in [5.74, 6) is 0.0840. The number of allylic oxidation sites excluding steroid dienone is 2. The Kier molecular flexibility index (Phi) is 4.84. The Balaban J connectivity index is 2.02. The van der Waals surface area contributed by atoms with Gasteiger partial charge in [-0.3, -0.25) is 9.79 Å². The van der Waals surface area contributed by atoms with Gasteiger partial charge in [0.05, 0.1) is 17.0 Å². The van der Waals surface area contributed by atoms with Crippen LogP contribution in [0.2, 0.25) is 0 Å². The molecule has 0 saturated heterocycles. The van der Waals surface area contributed by atoms with E-state index in [9.17, 15) is 9.90 Å². The van der Waals surface area contributed by atoms with E-state index in [0.717, 1.165) is 11.3 Å². The zero-order chi connectivity index (χ0) is 17.9. The second-order valence-corrected chi connectivity index (χ2v) is 7.32. The second-order valence-electron chi connectivity index (χ2n) is 7.32. The summed E-state index contributed by atoms with van der Waals surface area (Å²) in [5.41, 5.74) is 2.70. The van der Waals surface area contributed by atoms with E-state index in [-0.39, 0.29) is 17.0 Å². The maximum absolute atomic E-state index is 12.7. The Bertz CT molecular complexity index is 818. The van der Waals surface area contributed by atoms with Gasteiger partial charge in [0, 0.05) is 12.8 Å². The molecule has 3 rings (SSSR count). The van der Waals surface area contributed by atoms with Crippen molar-refractivity contribution in [2.75, 3.05) is 0 Å². The van der Waals surface area contributed by atoms with Gasteiger partial charge in [0.25, 0.3) is 0 Å². The van der Waals surface area contributed by atoms with Crippen LogP contribution in [0.5, 0.6) is 0 Å². The Labute approximate surface area is 148 Å². The Hall–Kier alpha value is -2.68. The smallest absolute Gasteiger partial charge is 0.168 e. The minimum atomic E-state index is -0.152. The lowest BCUT2D eigenvalue weighted by atomic mass is 9.73. The van der Waals surface area contributed by atoms with Gasteiger partial charge in [-0.15, -0.1) is 0 Å². The molecule has 0 aromatic heterocycles. The van der Waals surface area contributed by atoms with Crippen LogP contribution >= 0.6 is 0 Å². The van der Waals surface area contributed by atoms with Crippen molar-refractivity contribution in [2.45, 2.75) is 33.1 Å². The van der Waals surface area contributed by atoms with Crippen molar-refractivity contribution < 1.29 is 9.90 Å². The number of rotatable bonds is 3. The molecule has 3 nitrogen and oxygen atoms in total. The summed E-state index contributed by atoms with van der Waals surface area (Å²) in [4.78, 5) is 17.4. The van der Waals surface area contributed by atoms with Gasteiger partial charge in [0.2, 0.25) is 0 Å². The van der Waals surface area contributed by atoms with Crippen LogP contribution in [0.3, 0.4) is 0 Å². The van der Waals surface area contributed by atoms with E-state index in [2.05, 4.69) is 18.8 Å². The number of aliphatic hydroxyl groups is 1. The predicted molar refractivity (Wildman–Crippen MR) is 101 cm³/mol. The summed E-state index contributed by atoms with van der Waals surface area (Å²) in [6.45, 7) is 4.13. The molecule has 1 saturated carbocycles. The number of Topliss-reactive ketones (excluding diaryl/α,β-unsaturated/α-hetero) is 1. The highest BCUT2D eigenvalue weighted by Crippen LogP contribution is 2.36. The minimum absolute atomic E-state index is 0.0284. The number of hydrogen-bond acceptors (Lipinski definition) is 3. The molecule has 0 atom stereocenters. The molecule has 1 N–H and O–H groups in total. The first-order chi connectivity index (χ1) is 11.9. The first-order valence-electron chi connectivity index (χ1n) is 8.57. The van der Waals surface area contributed by atoms with E-state index >= 15 is 0 Å². The Morgan fingerprint density at radius 3 is 2.24 bits per heavy atom. The average Bonchev–Trinajstić information content (AvgIpc) is 2.55. The summed E-state index contributed by atoms with van der Waals surface area (Å²) in [7, 11) is 0. The number of ketones is 1. The van der Waals surface area contributed by atoms with Crippen molar-refractivity contribution in [3.63, 3.8) is 0 Å². The van der Waals surface area contributed by atoms with Gasteiger partial charge < -0.3 is 5.11 Å². The molecule has 0 unspecified atom stereocenters. The largest absolute Gasteiger partial charge is 0.511 e. The van der Waals surface area contributed by atoms with Crippen LogP contribution in [0.25, 0.3) is 0 Å². The molecule has 0 spiro atoms. The van der Waals surface area contributed by atoms with Crippen LogP contribution in [-0.4, -0.2) is 16.6 Å². The van der Waals surface area contributed by atoms with Crippen LogP contribution in [0, 0.1) is 5.41 Å². The highest BCUT2D eigenvalue weighted by atomic mass is 16.3. The van der Waals surface area contributed by atoms with Crippen molar-refractivity contribution in [1.29, 1.82) is 0 Å². The Morgan fingerprint density at radius 2 is 1.60 bits per heavy atom. The number of nitrogens with zero attached hydrogens (tertiary/aromatic N) is 1. The number of carbonyl (C=O) groups is 1. The van der Waals surface area contributed by atoms with E-state index in [1.165, 1.54) is 0 Å². The van der Waals surface area contributed by atoms with Gasteiger partial charge in [0.15, 0.2) is 5.78 Å². The maximum Gasteiger partial charge on any atom is 0.168 e. The third-order valence-electron chi connectivity index (χ3n) is 4.38. The molecule has 3 heteroatoms. The van der Waals surface area contributed by atoms with Gasteiger partial charge in [0.1, 0.15) is 5.76 Å². The fourth-order valence-electron chi connectivity index (χ4n) is 3.25. The molecule has 0 bridgehead atoms. The highest BCUT2D eigenvalue weighted by molar-refractivity contribution is 6.25. The summed E-state index contributed by atoms with van der Waals surface area (Å²) in [6.07, 6.45) is 1.44. The van der Waals surface area contributed by atoms with Crippen LogP contribution in [0.1, 0.15) is 32.3 Å². The summed E-state index contributed by atoms with van der Waals surface area (Å²) in [6, 6.07) is 19.3. The number of para-hydroxylation sites is 1. The maximum atomic E-state index is 12.7. The molecule has 0 heterocycles. The van der Waals surface area contributed by atoms with Crippen molar-refractivity contribution >= 4 is 17.2 Å². The fraction of sp³-hybridized carbons (Fsp3) is 0.273. The summed E-state index contributed by atoms with van der Waals surface area (Å²) in [5, 5.41) is 10.7. The minimum Gasteiger partial charge on any atom is -0.511 e. The van der Waals surface area contributed by atoms with Crippen LogP contribution in [0.15, 0.2) is 77.0 Å². The monoisotopic (exact) mass is 333 g/mol. The van der Waals surface area contributed by atoms with E-state index in [1.807, 2.05) is 60.7 Å². The number of aliphatic hydroxyl groups excluding tert-OH is 1. The third kappa shape index (κ3) is 4.24. The van der Waals surface area contributed by atoms with E-state index in [4.69, 9.17) is 0 Å². The Morgan fingerprint density at radius 1 is 1.00 bits per heavy atom. The standard InChI is InChI=1S/C22H23NO2/c1-22(2)14-18(23-17-11-7-4-8-12-17)21(20(25)15-22)19(24)13-16-9-5-3-6-10-16/h3-12,24H,13-15H2,1-2H3/b21-19+,23-18?. The zero-order valence-electron chi connectivity index (χ0n) is 14.7. The number of hydrogen-bond donors (Lipinski definition) is 1. The van der Waals surface area contributed by atoms with Crippen molar-refractivity contribution in [2.24, 2.45) is 10.4 Å². The van der Waals surface area contributed by atoms with Gasteiger partial charge in [-0.25, -0.2) is 0 Å². The molecule has 25 heavy (non-hydrogen) atoms. The SMILES string of the molecule is CC1(C)CC(=O)/C(=C(/O)Cc2ccccc2)C(=Nc2ccccc2)C1. The lowest BCUT2D eigenvalue weighted by molar-refractivity contribution is -0.117. The first kappa shape index (κ1) is 17.2. The van der Waals surface area contributed by atoms with Gasteiger partial charge in [-0.1, -0.05) is 62.4 Å². The van der Waals surface area contributed by atoms with E-state index < -0.39 is 0 Å². The van der Waals surface area contributed by atoms with E-state index in [1.54, 1.807) is 0 Å². The molecule has 2 aromatic rings. The van der Waals surface area contributed by atoms with Gasteiger partial charge in [-0.05, 0) is 29.5 Å². The van der Waals surface area contributed by atoms with Gasteiger partial charge >= 0.3 is 0 Å². The molecular formula is C22H23NO2. The molecule has 0 radical (unpaired) electrons. The van der Waals surface area contributed by atoms with Crippen LogP contribution < -0.4 is 0 Å². The lowest BCUT2D eigenvalue weighted by Crippen LogP contribution is -2.32. The molecule has 1 fully saturated rings. The van der Waals surface area contributed by atoms with Crippen molar-refractivity contribution in [1.82, 2.24) is 0 Å². The lowest BCUT2D eigenvalue weighted by Gasteiger charge is -2.31. The number of carbonyl (C=O) groups excluding carboxylic acids is 1. The molecule has 0 amide bonds. The van der Waals surface area contributed by atoms with Crippen LogP contribution in [-0.2, 0) is 11.2 Å². The number of benzene rings is 2. The second kappa shape index (κ2) is 7.06. The third-order valence-corrected chi connectivity index (χ3v) is 4.38.